The Hall–Kier alpha value is -1.82. The van der Waals surface area contributed by atoms with Crippen molar-refractivity contribution in [2.45, 2.75) is 19.0 Å². The Morgan fingerprint density at radius 3 is 1.83 bits per heavy atom. The number of benzene rings is 2. The Kier molecular flexibility index (Phi) is 6.85. The van der Waals surface area contributed by atoms with Crippen molar-refractivity contribution in [2.24, 2.45) is 0 Å². The van der Waals surface area contributed by atoms with Crippen molar-refractivity contribution < 1.29 is 13.9 Å². The van der Waals surface area contributed by atoms with Crippen molar-refractivity contribution in [1.82, 2.24) is 10.2 Å². The number of hydrogen-bond donors (Lipinski definition) is 2. The number of nitrogens with zero attached hydrogens (tertiary/aromatic N) is 1. The Bertz CT molecular complexity index is 571. The Morgan fingerprint density at radius 1 is 0.958 bits per heavy atom. The summed E-state index contributed by atoms with van der Waals surface area (Å²) >= 11 is 0. The average molecular weight is 334 g/mol. The second-order valence-electron chi connectivity index (χ2n) is 5.86. The molecule has 5 heteroatoms. The van der Waals surface area contributed by atoms with Crippen LogP contribution >= 0.6 is 0 Å². The first-order chi connectivity index (χ1) is 11.6. The molecule has 0 aliphatic carbocycles. The molecule has 1 fully saturated rings. The van der Waals surface area contributed by atoms with Crippen molar-refractivity contribution in [2.75, 3.05) is 26.7 Å². The molecule has 0 radical (unpaired) electrons. The molecule has 0 amide bonds. The summed E-state index contributed by atoms with van der Waals surface area (Å²) in [5, 5.41) is 10.4. The van der Waals surface area contributed by atoms with Crippen LogP contribution < -0.4 is 5.32 Å². The summed E-state index contributed by atoms with van der Waals surface area (Å²) in [5.41, 5.74) is 2.06. The van der Waals surface area contributed by atoms with Crippen LogP contribution in [0.3, 0.4) is 0 Å². The molecule has 0 saturated carbocycles. The summed E-state index contributed by atoms with van der Waals surface area (Å²) in [6.45, 7) is 4.88. The average Bonchev–Trinajstić information content (AvgIpc) is 2.60. The standard InChI is InChI=1S/C18H20F2N2.CH4O/c1-13-12-22(11-10-21-13)18(14-2-6-16(19)7-3-14)15-4-8-17(20)9-5-15;1-2/h2-9,13,18,21H,10-12H2,1H3;2H,1H3. The first-order valence-corrected chi connectivity index (χ1v) is 8.06. The van der Waals surface area contributed by atoms with Gasteiger partial charge in [-0.2, -0.15) is 0 Å². The quantitative estimate of drug-likeness (QED) is 0.906. The van der Waals surface area contributed by atoms with E-state index in [1.54, 1.807) is 0 Å². The highest BCUT2D eigenvalue weighted by Gasteiger charge is 2.26. The summed E-state index contributed by atoms with van der Waals surface area (Å²) in [6.07, 6.45) is 0. The van der Waals surface area contributed by atoms with Crippen LogP contribution in [0.4, 0.5) is 8.78 Å². The molecule has 2 aromatic carbocycles. The molecule has 0 spiro atoms. The van der Waals surface area contributed by atoms with Gasteiger partial charge in [0.15, 0.2) is 0 Å². The predicted octanol–water partition coefficient (Wildman–Crippen LogP) is 2.96. The molecule has 3 rings (SSSR count). The van der Waals surface area contributed by atoms with Gasteiger partial charge in [0.1, 0.15) is 11.6 Å². The number of aliphatic hydroxyl groups excluding tert-OH is 1. The van der Waals surface area contributed by atoms with Crippen molar-refractivity contribution in [3.05, 3.63) is 71.3 Å². The maximum atomic E-state index is 13.2. The minimum absolute atomic E-state index is 0.0192. The van der Waals surface area contributed by atoms with Gasteiger partial charge in [-0.15, -0.1) is 0 Å². The summed E-state index contributed by atoms with van der Waals surface area (Å²) < 4.78 is 26.5. The van der Waals surface area contributed by atoms with Crippen LogP contribution in [0.1, 0.15) is 24.1 Å². The van der Waals surface area contributed by atoms with Crippen LogP contribution in [0, 0.1) is 11.6 Å². The lowest BCUT2D eigenvalue weighted by molar-refractivity contribution is 0.170. The molecule has 1 aliphatic heterocycles. The second kappa shape index (κ2) is 8.87. The minimum Gasteiger partial charge on any atom is -0.400 e. The fourth-order valence-electron chi connectivity index (χ4n) is 3.10. The molecule has 3 nitrogen and oxygen atoms in total. The zero-order valence-corrected chi connectivity index (χ0v) is 14.0. The number of halogens is 2. The second-order valence-corrected chi connectivity index (χ2v) is 5.86. The first-order valence-electron chi connectivity index (χ1n) is 8.06. The third kappa shape index (κ3) is 4.60. The summed E-state index contributed by atoms with van der Waals surface area (Å²) in [5.74, 6) is -0.481. The smallest absolute Gasteiger partial charge is 0.123 e. The molecule has 2 N–H and O–H groups in total. The molecule has 1 atom stereocenters. The van der Waals surface area contributed by atoms with E-state index in [1.807, 2.05) is 24.3 Å². The number of aliphatic hydroxyl groups is 1. The summed E-state index contributed by atoms with van der Waals surface area (Å²) in [4.78, 5) is 2.36. The van der Waals surface area contributed by atoms with Crippen LogP contribution in [0.5, 0.6) is 0 Å². The van der Waals surface area contributed by atoms with Gasteiger partial charge in [-0.25, -0.2) is 8.78 Å². The Labute approximate surface area is 141 Å². The Morgan fingerprint density at radius 2 is 1.42 bits per heavy atom. The Balaban J connectivity index is 0.00000100. The topological polar surface area (TPSA) is 35.5 Å². The van der Waals surface area contributed by atoms with Gasteiger partial charge in [-0.3, -0.25) is 4.90 Å². The van der Waals surface area contributed by atoms with Gasteiger partial charge in [-0.05, 0) is 42.3 Å². The van der Waals surface area contributed by atoms with Crippen molar-refractivity contribution in [3.8, 4) is 0 Å². The highest BCUT2D eigenvalue weighted by Crippen LogP contribution is 2.29. The number of nitrogens with one attached hydrogen (secondary N) is 1. The SMILES string of the molecule is CC1CN(C(c2ccc(F)cc2)c2ccc(F)cc2)CCN1.CO. The van der Waals surface area contributed by atoms with Gasteiger partial charge < -0.3 is 10.4 Å². The predicted molar refractivity (Wildman–Crippen MR) is 91.8 cm³/mol. The van der Waals surface area contributed by atoms with Crippen LogP contribution in [0.2, 0.25) is 0 Å². The van der Waals surface area contributed by atoms with Crippen LogP contribution in [-0.4, -0.2) is 42.8 Å². The molecule has 2 aromatic rings. The van der Waals surface area contributed by atoms with Crippen molar-refractivity contribution in [1.29, 1.82) is 0 Å². The van der Waals surface area contributed by atoms with E-state index in [0.29, 0.717) is 6.04 Å². The van der Waals surface area contributed by atoms with E-state index < -0.39 is 0 Å². The van der Waals surface area contributed by atoms with Gasteiger partial charge in [0.2, 0.25) is 0 Å². The van der Waals surface area contributed by atoms with E-state index in [9.17, 15) is 8.78 Å². The van der Waals surface area contributed by atoms with Crippen LogP contribution in [0.25, 0.3) is 0 Å². The number of piperazine rings is 1. The highest BCUT2D eigenvalue weighted by molar-refractivity contribution is 5.32. The first kappa shape index (κ1) is 18.5. The van der Waals surface area contributed by atoms with E-state index in [2.05, 4.69) is 17.1 Å². The lowest BCUT2D eigenvalue weighted by Gasteiger charge is -2.38. The fourth-order valence-corrected chi connectivity index (χ4v) is 3.10. The van der Waals surface area contributed by atoms with Gasteiger partial charge >= 0.3 is 0 Å². The largest absolute Gasteiger partial charge is 0.400 e. The molecule has 1 unspecified atom stereocenters. The maximum absolute atomic E-state index is 13.2. The van der Waals surface area contributed by atoms with Gasteiger partial charge in [0.05, 0.1) is 6.04 Å². The highest BCUT2D eigenvalue weighted by atomic mass is 19.1. The monoisotopic (exact) mass is 334 g/mol. The lowest BCUT2D eigenvalue weighted by Crippen LogP contribution is -2.50. The number of hydrogen-bond acceptors (Lipinski definition) is 3. The minimum atomic E-state index is -0.240. The van der Waals surface area contributed by atoms with E-state index in [1.165, 1.54) is 24.3 Å². The van der Waals surface area contributed by atoms with E-state index in [0.717, 1.165) is 37.9 Å². The molecule has 130 valence electrons. The summed E-state index contributed by atoms with van der Waals surface area (Å²) in [7, 11) is 1.00. The zero-order valence-electron chi connectivity index (χ0n) is 14.0. The third-order valence-electron chi connectivity index (χ3n) is 4.14. The lowest BCUT2D eigenvalue weighted by atomic mass is 9.96. The molecular weight excluding hydrogens is 310 g/mol. The molecule has 24 heavy (non-hydrogen) atoms. The molecule has 0 aromatic heterocycles. The van der Waals surface area contributed by atoms with Gasteiger partial charge in [0, 0.05) is 32.8 Å². The van der Waals surface area contributed by atoms with Crippen molar-refractivity contribution in [3.63, 3.8) is 0 Å². The normalized spacial score (nSPS) is 18.2. The summed E-state index contributed by atoms with van der Waals surface area (Å²) in [6, 6.07) is 13.6. The number of rotatable bonds is 3. The van der Waals surface area contributed by atoms with Crippen molar-refractivity contribution >= 4 is 0 Å². The molecule has 1 saturated heterocycles. The van der Waals surface area contributed by atoms with Crippen LogP contribution in [-0.2, 0) is 0 Å². The third-order valence-corrected chi connectivity index (χ3v) is 4.14. The van der Waals surface area contributed by atoms with E-state index in [-0.39, 0.29) is 17.7 Å². The fraction of sp³-hybridized carbons (Fsp3) is 0.368. The van der Waals surface area contributed by atoms with E-state index >= 15 is 0 Å². The van der Waals surface area contributed by atoms with Gasteiger partial charge in [0.25, 0.3) is 0 Å². The van der Waals surface area contributed by atoms with Crippen LogP contribution in [0.15, 0.2) is 48.5 Å². The van der Waals surface area contributed by atoms with E-state index in [4.69, 9.17) is 5.11 Å². The molecule has 0 bridgehead atoms. The van der Waals surface area contributed by atoms with Gasteiger partial charge in [-0.1, -0.05) is 24.3 Å². The zero-order chi connectivity index (χ0) is 17.5. The molecule has 1 aliphatic rings. The molecule has 1 heterocycles. The maximum Gasteiger partial charge on any atom is 0.123 e. The molecular formula is C19H24F2N2O.